The van der Waals surface area contributed by atoms with Crippen LogP contribution in [0.25, 0.3) is 0 Å². The van der Waals surface area contributed by atoms with E-state index in [0.717, 1.165) is 18.6 Å². The number of likely N-dealkylation sites (tertiary alicyclic amines) is 1. The second-order valence-electron chi connectivity index (χ2n) is 3.80. The van der Waals surface area contributed by atoms with E-state index >= 15 is 0 Å². The molecule has 11 heavy (non-hydrogen) atoms. The van der Waals surface area contributed by atoms with Crippen molar-refractivity contribution >= 4 is 12.6 Å². The minimum atomic E-state index is 0.523. The summed E-state index contributed by atoms with van der Waals surface area (Å²) in [5.74, 6) is 0. The number of hydrogen-bond acceptors (Lipinski definition) is 3. The van der Waals surface area contributed by atoms with Crippen molar-refractivity contribution in [1.82, 2.24) is 10.2 Å². The Morgan fingerprint density at radius 3 is 3.00 bits per heavy atom. The fourth-order valence-corrected chi connectivity index (χ4v) is 2.42. The standard InChI is InChI=1S/C8H16N2S/c1-6(11)4-10-5-7-2-8(10)3-9-7/h6-9,11H,2-5H2,1H3/t6?,7-,8-/m0/s1. The summed E-state index contributed by atoms with van der Waals surface area (Å²) in [5.41, 5.74) is 0. The topological polar surface area (TPSA) is 15.3 Å². The van der Waals surface area contributed by atoms with Gasteiger partial charge in [0.05, 0.1) is 0 Å². The van der Waals surface area contributed by atoms with Gasteiger partial charge in [0.15, 0.2) is 0 Å². The molecule has 2 aliphatic heterocycles. The molecule has 0 aromatic rings. The van der Waals surface area contributed by atoms with E-state index in [9.17, 15) is 0 Å². The molecule has 64 valence electrons. The Morgan fingerprint density at radius 2 is 2.55 bits per heavy atom. The average Bonchev–Trinajstić information content (AvgIpc) is 2.45. The van der Waals surface area contributed by atoms with Crippen molar-refractivity contribution in [2.75, 3.05) is 19.6 Å². The summed E-state index contributed by atoms with van der Waals surface area (Å²) in [7, 11) is 0. The fourth-order valence-electron chi connectivity index (χ4n) is 2.21. The van der Waals surface area contributed by atoms with Gasteiger partial charge in [0.25, 0.3) is 0 Å². The Morgan fingerprint density at radius 1 is 1.73 bits per heavy atom. The first-order valence-corrected chi connectivity index (χ1v) is 4.93. The highest BCUT2D eigenvalue weighted by molar-refractivity contribution is 7.80. The molecule has 2 nitrogen and oxygen atoms in total. The summed E-state index contributed by atoms with van der Waals surface area (Å²) in [5, 5.41) is 4.02. The third kappa shape index (κ3) is 1.55. The predicted molar refractivity (Wildman–Crippen MR) is 50.2 cm³/mol. The zero-order valence-corrected chi connectivity index (χ0v) is 7.85. The summed E-state index contributed by atoms with van der Waals surface area (Å²) < 4.78 is 0. The van der Waals surface area contributed by atoms with Crippen LogP contribution in [0.4, 0.5) is 0 Å². The lowest BCUT2D eigenvalue weighted by Crippen LogP contribution is -2.45. The molecule has 0 spiro atoms. The van der Waals surface area contributed by atoms with E-state index in [-0.39, 0.29) is 0 Å². The molecule has 2 bridgehead atoms. The van der Waals surface area contributed by atoms with E-state index in [0.29, 0.717) is 5.25 Å². The molecule has 1 unspecified atom stereocenters. The lowest BCUT2D eigenvalue weighted by Gasteiger charge is -2.28. The zero-order chi connectivity index (χ0) is 7.84. The lowest BCUT2D eigenvalue weighted by molar-refractivity contribution is 0.229. The molecule has 0 aromatic heterocycles. The molecule has 0 aromatic carbocycles. The van der Waals surface area contributed by atoms with Crippen LogP contribution in [0.3, 0.4) is 0 Å². The number of thiol groups is 1. The fraction of sp³-hybridized carbons (Fsp3) is 1.00. The van der Waals surface area contributed by atoms with Crippen LogP contribution in [0.2, 0.25) is 0 Å². The van der Waals surface area contributed by atoms with E-state index in [1.165, 1.54) is 19.5 Å². The number of rotatable bonds is 2. The molecular weight excluding hydrogens is 156 g/mol. The van der Waals surface area contributed by atoms with Gasteiger partial charge in [0.1, 0.15) is 0 Å². The Bertz CT molecular complexity index is 149. The molecule has 2 fully saturated rings. The average molecular weight is 172 g/mol. The maximum Gasteiger partial charge on any atom is 0.0237 e. The van der Waals surface area contributed by atoms with E-state index in [1.807, 2.05) is 0 Å². The van der Waals surface area contributed by atoms with Crippen molar-refractivity contribution in [2.45, 2.75) is 30.7 Å². The number of nitrogens with zero attached hydrogens (tertiary/aromatic N) is 1. The molecule has 2 aliphatic rings. The second-order valence-corrected chi connectivity index (χ2v) is 4.68. The van der Waals surface area contributed by atoms with E-state index in [1.54, 1.807) is 0 Å². The zero-order valence-electron chi connectivity index (χ0n) is 6.95. The van der Waals surface area contributed by atoms with Gasteiger partial charge in [-0.2, -0.15) is 12.6 Å². The quantitative estimate of drug-likeness (QED) is 0.584. The van der Waals surface area contributed by atoms with Crippen LogP contribution in [-0.4, -0.2) is 41.9 Å². The van der Waals surface area contributed by atoms with Crippen LogP contribution in [0, 0.1) is 0 Å². The van der Waals surface area contributed by atoms with Crippen LogP contribution in [-0.2, 0) is 0 Å². The molecule has 0 saturated carbocycles. The summed E-state index contributed by atoms with van der Waals surface area (Å²) in [4.78, 5) is 2.57. The summed E-state index contributed by atoms with van der Waals surface area (Å²) in [6, 6.07) is 1.60. The minimum Gasteiger partial charge on any atom is -0.311 e. The third-order valence-corrected chi connectivity index (χ3v) is 2.83. The maximum atomic E-state index is 4.41. The van der Waals surface area contributed by atoms with Gasteiger partial charge >= 0.3 is 0 Å². The smallest absolute Gasteiger partial charge is 0.0237 e. The molecule has 0 aliphatic carbocycles. The summed E-state index contributed by atoms with van der Waals surface area (Å²) in [6.45, 7) is 5.77. The molecule has 0 amide bonds. The van der Waals surface area contributed by atoms with Crippen molar-refractivity contribution in [1.29, 1.82) is 0 Å². The second kappa shape index (κ2) is 2.96. The highest BCUT2D eigenvalue weighted by Crippen LogP contribution is 2.23. The first-order chi connectivity index (χ1) is 5.25. The lowest BCUT2D eigenvalue weighted by atomic mass is 10.2. The normalized spacial score (nSPS) is 39.8. The maximum absolute atomic E-state index is 4.41. The van der Waals surface area contributed by atoms with Gasteiger partial charge in [-0.1, -0.05) is 6.92 Å². The Kier molecular flexibility index (Phi) is 2.12. The highest BCUT2D eigenvalue weighted by Gasteiger charge is 2.37. The molecular formula is C8H16N2S. The monoisotopic (exact) mass is 172 g/mol. The van der Waals surface area contributed by atoms with Crippen molar-refractivity contribution in [3.63, 3.8) is 0 Å². The van der Waals surface area contributed by atoms with Crippen LogP contribution in [0.1, 0.15) is 13.3 Å². The molecule has 1 N–H and O–H groups in total. The minimum absolute atomic E-state index is 0.523. The Hall–Kier alpha value is 0.270. The number of piperazine rings is 1. The summed E-state index contributed by atoms with van der Waals surface area (Å²) >= 11 is 4.41. The molecule has 2 saturated heterocycles. The summed E-state index contributed by atoms with van der Waals surface area (Å²) in [6.07, 6.45) is 1.36. The largest absolute Gasteiger partial charge is 0.311 e. The van der Waals surface area contributed by atoms with Gasteiger partial charge in [-0.05, 0) is 6.42 Å². The van der Waals surface area contributed by atoms with Gasteiger partial charge in [-0.25, -0.2) is 0 Å². The molecule has 2 rings (SSSR count). The van der Waals surface area contributed by atoms with E-state index in [2.05, 4.69) is 29.8 Å². The Balaban J connectivity index is 1.87. The first kappa shape index (κ1) is 7.90. The van der Waals surface area contributed by atoms with Crippen LogP contribution >= 0.6 is 12.6 Å². The van der Waals surface area contributed by atoms with Gasteiger partial charge in [-0.15, -0.1) is 0 Å². The van der Waals surface area contributed by atoms with Gasteiger partial charge < -0.3 is 5.32 Å². The first-order valence-electron chi connectivity index (χ1n) is 4.41. The van der Waals surface area contributed by atoms with Crippen LogP contribution in [0.5, 0.6) is 0 Å². The van der Waals surface area contributed by atoms with Crippen molar-refractivity contribution in [3.05, 3.63) is 0 Å². The number of hydrogen-bond donors (Lipinski definition) is 2. The molecule has 3 heteroatoms. The van der Waals surface area contributed by atoms with Crippen molar-refractivity contribution < 1.29 is 0 Å². The molecule has 2 heterocycles. The van der Waals surface area contributed by atoms with Crippen LogP contribution < -0.4 is 5.32 Å². The van der Waals surface area contributed by atoms with E-state index < -0.39 is 0 Å². The van der Waals surface area contributed by atoms with Gasteiger partial charge in [0.2, 0.25) is 0 Å². The van der Waals surface area contributed by atoms with E-state index in [4.69, 9.17) is 0 Å². The number of nitrogens with one attached hydrogen (secondary N) is 1. The Labute approximate surface area is 73.7 Å². The van der Waals surface area contributed by atoms with Crippen molar-refractivity contribution in [3.8, 4) is 0 Å². The molecule has 3 atom stereocenters. The van der Waals surface area contributed by atoms with Crippen LogP contribution in [0.15, 0.2) is 0 Å². The highest BCUT2D eigenvalue weighted by atomic mass is 32.1. The van der Waals surface area contributed by atoms with Gasteiger partial charge in [0, 0.05) is 37.0 Å². The third-order valence-electron chi connectivity index (χ3n) is 2.67. The molecule has 0 radical (unpaired) electrons. The predicted octanol–water partition coefficient (Wildman–Crippen LogP) is 0.351. The van der Waals surface area contributed by atoms with Gasteiger partial charge in [-0.3, -0.25) is 4.90 Å². The van der Waals surface area contributed by atoms with Crippen molar-refractivity contribution in [2.24, 2.45) is 0 Å². The number of fused-ring (bicyclic) bond motifs is 2. The SMILES string of the molecule is CC(S)CN1C[C@@H]2C[C@H]1CN2.